The monoisotopic (exact) mass is 332 g/mol. The first-order chi connectivity index (χ1) is 8.58. The van der Waals surface area contributed by atoms with E-state index in [1.54, 1.807) is 12.1 Å². The van der Waals surface area contributed by atoms with E-state index in [1.165, 1.54) is 24.3 Å². The van der Waals surface area contributed by atoms with Crippen LogP contribution in [0, 0.1) is 11.6 Å². The minimum Gasteiger partial charge on any atom is -0.489 e. The molecular formula is C13H8BrClF2O. The van der Waals surface area contributed by atoms with E-state index < -0.39 is 11.6 Å². The molecular weight excluding hydrogens is 325 g/mol. The van der Waals surface area contributed by atoms with Gasteiger partial charge in [0.2, 0.25) is 0 Å². The fourth-order valence-corrected chi connectivity index (χ4v) is 1.86. The SMILES string of the molecule is Fc1cc(OCc2c(F)cccc2Cl)ccc1Br. The first-order valence-electron chi connectivity index (χ1n) is 5.08. The molecule has 0 spiro atoms. The van der Waals surface area contributed by atoms with Crippen molar-refractivity contribution >= 4 is 27.5 Å². The van der Waals surface area contributed by atoms with Crippen molar-refractivity contribution in [2.45, 2.75) is 6.61 Å². The summed E-state index contributed by atoms with van der Waals surface area (Å²) in [6, 6.07) is 8.72. The van der Waals surface area contributed by atoms with E-state index in [0.717, 1.165) is 0 Å². The van der Waals surface area contributed by atoms with Crippen LogP contribution in [0.4, 0.5) is 8.78 Å². The van der Waals surface area contributed by atoms with Crippen molar-refractivity contribution in [3.63, 3.8) is 0 Å². The summed E-state index contributed by atoms with van der Waals surface area (Å²) in [4.78, 5) is 0. The fraction of sp³-hybridized carbons (Fsp3) is 0.0769. The van der Waals surface area contributed by atoms with E-state index in [2.05, 4.69) is 15.9 Å². The van der Waals surface area contributed by atoms with Gasteiger partial charge in [0.1, 0.15) is 24.0 Å². The molecule has 2 aromatic rings. The summed E-state index contributed by atoms with van der Waals surface area (Å²) in [5.41, 5.74) is 0.252. The van der Waals surface area contributed by atoms with E-state index in [0.29, 0.717) is 10.2 Å². The van der Waals surface area contributed by atoms with Crippen molar-refractivity contribution in [3.05, 3.63) is 63.1 Å². The maximum Gasteiger partial charge on any atom is 0.141 e. The third-order valence-corrected chi connectivity index (χ3v) is 3.33. The number of rotatable bonds is 3. The third-order valence-electron chi connectivity index (χ3n) is 2.34. The van der Waals surface area contributed by atoms with Gasteiger partial charge < -0.3 is 4.74 Å². The second kappa shape index (κ2) is 5.67. The molecule has 0 aromatic heterocycles. The van der Waals surface area contributed by atoms with Gasteiger partial charge in [0.25, 0.3) is 0 Å². The molecule has 0 fully saturated rings. The van der Waals surface area contributed by atoms with Crippen molar-refractivity contribution in [3.8, 4) is 5.75 Å². The van der Waals surface area contributed by atoms with Gasteiger partial charge in [0.15, 0.2) is 0 Å². The molecule has 94 valence electrons. The van der Waals surface area contributed by atoms with Crippen LogP contribution in [0.3, 0.4) is 0 Å². The van der Waals surface area contributed by atoms with Crippen LogP contribution < -0.4 is 4.74 Å². The molecule has 0 N–H and O–H groups in total. The molecule has 2 rings (SSSR count). The summed E-state index contributed by atoms with van der Waals surface area (Å²) >= 11 is 8.89. The molecule has 0 radical (unpaired) electrons. The normalized spacial score (nSPS) is 10.4. The van der Waals surface area contributed by atoms with Crippen LogP contribution in [0.15, 0.2) is 40.9 Å². The highest BCUT2D eigenvalue weighted by molar-refractivity contribution is 9.10. The number of benzene rings is 2. The maximum atomic E-state index is 13.5. The van der Waals surface area contributed by atoms with Crippen LogP contribution in [-0.4, -0.2) is 0 Å². The maximum absolute atomic E-state index is 13.5. The summed E-state index contributed by atoms with van der Waals surface area (Å²) in [6.45, 7) is -0.0490. The molecule has 0 saturated heterocycles. The Morgan fingerprint density at radius 2 is 1.89 bits per heavy atom. The summed E-state index contributed by atoms with van der Waals surface area (Å²) in [5, 5.41) is 0.285. The third kappa shape index (κ3) is 3.00. The molecule has 5 heteroatoms. The molecule has 2 aromatic carbocycles. The van der Waals surface area contributed by atoms with Gasteiger partial charge >= 0.3 is 0 Å². The average molecular weight is 334 g/mol. The summed E-state index contributed by atoms with van der Waals surface area (Å²) in [5.74, 6) is -0.567. The van der Waals surface area contributed by atoms with E-state index >= 15 is 0 Å². The number of ether oxygens (including phenoxy) is 1. The second-order valence-electron chi connectivity index (χ2n) is 3.56. The predicted molar refractivity (Wildman–Crippen MR) is 69.8 cm³/mol. The Hall–Kier alpha value is -1.13. The van der Waals surface area contributed by atoms with Gasteiger partial charge in [0.05, 0.1) is 9.50 Å². The van der Waals surface area contributed by atoms with Gasteiger partial charge in [0, 0.05) is 11.6 Å². The number of hydrogen-bond acceptors (Lipinski definition) is 1. The Kier molecular flexibility index (Phi) is 4.19. The standard InChI is InChI=1S/C13H8BrClF2O/c14-10-5-4-8(6-13(10)17)18-7-9-11(15)2-1-3-12(9)16/h1-6H,7H2. The van der Waals surface area contributed by atoms with Crippen molar-refractivity contribution in [1.29, 1.82) is 0 Å². The molecule has 0 aliphatic rings. The van der Waals surface area contributed by atoms with Gasteiger partial charge in [-0.15, -0.1) is 0 Å². The highest BCUT2D eigenvalue weighted by Gasteiger charge is 2.08. The Morgan fingerprint density at radius 3 is 2.56 bits per heavy atom. The van der Waals surface area contributed by atoms with Gasteiger partial charge in [-0.3, -0.25) is 0 Å². The molecule has 0 unspecified atom stereocenters. The quantitative estimate of drug-likeness (QED) is 0.771. The molecule has 1 nitrogen and oxygen atoms in total. The second-order valence-corrected chi connectivity index (χ2v) is 4.83. The van der Waals surface area contributed by atoms with Crippen LogP contribution in [-0.2, 0) is 6.61 Å². The highest BCUT2D eigenvalue weighted by atomic mass is 79.9. The molecule has 0 aliphatic heterocycles. The summed E-state index contributed by atoms with van der Waals surface area (Å²) in [6.07, 6.45) is 0. The zero-order valence-electron chi connectivity index (χ0n) is 9.09. The minimum atomic E-state index is -0.444. The molecule has 0 saturated carbocycles. The lowest BCUT2D eigenvalue weighted by molar-refractivity contribution is 0.298. The topological polar surface area (TPSA) is 9.23 Å². The number of halogens is 4. The van der Waals surface area contributed by atoms with E-state index in [4.69, 9.17) is 16.3 Å². The van der Waals surface area contributed by atoms with E-state index in [-0.39, 0.29) is 17.2 Å². The molecule has 18 heavy (non-hydrogen) atoms. The highest BCUT2D eigenvalue weighted by Crippen LogP contribution is 2.24. The van der Waals surface area contributed by atoms with Crippen LogP contribution >= 0.6 is 27.5 Å². The first kappa shape index (κ1) is 13.3. The number of hydrogen-bond donors (Lipinski definition) is 0. The molecule has 0 amide bonds. The van der Waals surface area contributed by atoms with Crippen molar-refractivity contribution in [2.24, 2.45) is 0 Å². The lowest BCUT2D eigenvalue weighted by Crippen LogP contribution is -1.99. The Balaban J connectivity index is 2.14. The zero-order chi connectivity index (χ0) is 13.1. The fourth-order valence-electron chi connectivity index (χ4n) is 1.39. The summed E-state index contributed by atoms with van der Waals surface area (Å²) < 4.78 is 32.3. The van der Waals surface area contributed by atoms with Crippen molar-refractivity contribution in [2.75, 3.05) is 0 Å². The van der Waals surface area contributed by atoms with Crippen molar-refractivity contribution in [1.82, 2.24) is 0 Å². The van der Waals surface area contributed by atoms with E-state index in [1.807, 2.05) is 0 Å². The Labute approximate surface area is 116 Å². The zero-order valence-corrected chi connectivity index (χ0v) is 11.4. The van der Waals surface area contributed by atoms with Crippen LogP contribution in [0.1, 0.15) is 5.56 Å². The molecule has 0 bridgehead atoms. The van der Waals surface area contributed by atoms with Crippen LogP contribution in [0.2, 0.25) is 5.02 Å². The van der Waals surface area contributed by atoms with Crippen LogP contribution in [0.5, 0.6) is 5.75 Å². The Morgan fingerprint density at radius 1 is 1.11 bits per heavy atom. The van der Waals surface area contributed by atoms with Gasteiger partial charge in [-0.05, 0) is 40.2 Å². The minimum absolute atomic E-state index is 0.0490. The van der Waals surface area contributed by atoms with Crippen LogP contribution in [0.25, 0.3) is 0 Å². The first-order valence-corrected chi connectivity index (χ1v) is 6.26. The molecule has 0 atom stereocenters. The largest absolute Gasteiger partial charge is 0.489 e. The lowest BCUT2D eigenvalue weighted by Gasteiger charge is -2.09. The molecule has 0 heterocycles. The van der Waals surface area contributed by atoms with Crippen molar-refractivity contribution < 1.29 is 13.5 Å². The van der Waals surface area contributed by atoms with Gasteiger partial charge in [-0.1, -0.05) is 17.7 Å². The predicted octanol–water partition coefficient (Wildman–Crippen LogP) is 4.96. The Bertz CT molecular complexity index is 555. The van der Waals surface area contributed by atoms with Gasteiger partial charge in [-0.2, -0.15) is 0 Å². The smallest absolute Gasteiger partial charge is 0.141 e. The average Bonchev–Trinajstić information content (AvgIpc) is 2.33. The lowest BCUT2D eigenvalue weighted by atomic mass is 10.2. The summed E-state index contributed by atoms with van der Waals surface area (Å²) in [7, 11) is 0. The molecule has 0 aliphatic carbocycles. The van der Waals surface area contributed by atoms with Gasteiger partial charge in [-0.25, -0.2) is 8.78 Å². The van der Waals surface area contributed by atoms with E-state index in [9.17, 15) is 8.78 Å².